The lowest BCUT2D eigenvalue weighted by molar-refractivity contribution is 0.0535. The zero-order valence-corrected chi connectivity index (χ0v) is 13.4. The first kappa shape index (κ1) is 16.4. The fraction of sp³-hybridized carbons (Fsp3) is 0.647. The summed E-state index contributed by atoms with van der Waals surface area (Å²) in [7, 11) is 0. The van der Waals surface area contributed by atoms with Crippen LogP contribution in [0.5, 0.6) is 0 Å². The van der Waals surface area contributed by atoms with Crippen LogP contribution in [0.3, 0.4) is 0 Å². The minimum absolute atomic E-state index is 0.0122. The van der Waals surface area contributed by atoms with Crippen LogP contribution in [0.1, 0.15) is 39.7 Å². The van der Waals surface area contributed by atoms with Crippen molar-refractivity contribution in [2.45, 2.75) is 52.2 Å². The molecule has 2 rings (SSSR count). The summed E-state index contributed by atoms with van der Waals surface area (Å²) in [6.07, 6.45) is 1.13. The van der Waals surface area contributed by atoms with E-state index in [1.807, 2.05) is 0 Å². The Bertz CT molecular complexity index is 486. The summed E-state index contributed by atoms with van der Waals surface area (Å²) < 4.78 is 26.4. The van der Waals surface area contributed by atoms with Crippen molar-refractivity contribution in [2.24, 2.45) is 5.92 Å². The van der Waals surface area contributed by atoms with E-state index in [2.05, 4.69) is 37.9 Å². The van der Waals surface area contributed by atoms with Gasteiger partial charge in [-0.3, -0.25) is 4.90 Å². The minimum atomic E-state index is -0.781. The van der Waals surface area contributed by atoms with Crippen LogP contribution in [0.15, 0.2) is 18.2 Å². The van der Waals surface area contributed by atoms with Crippen LogP contribution in [0.2, 0.25) is 0 Å². The number of piperazine rings is 1. The van der Waals surface area contributed by atoms with Crippen LogP contribution in [-0.4, -0.2) is 29.6 Å². The van der Waals surface area contributed by atoms with E-state index in [1.165, 1.54) is 12.1 Å². The van der Waals surface area contributed by atoms with Gasteiger partial charge in [-0.05, 0) is 43.9 Å². The third-order valence-electron chi connectivity index (χ3n) is 4.23. The topological polar surface area (TPSA) is 15.3 Å². The average molecular weight is 296 g/mol. The van der Waals surface area contributed by atoms with Crippen molar-refractivity contribution in [3.63, 3.8) is 0 Å². The van der Waals surface area contributed by atoms with E-state index >= 15 is 0 Å². The second kappa shape index (κ2) is 6.41. The first-order valence-electron chi connectivity index (χ1n) is 7.70. The molecule has 1 aliphatic heterocycles. The van der Waals surface area contributed by atoms with Crippen LogP contribution >= 0.6 is 0 Å². The second-order valence-corrected chi connectivity index (χ2v) is 7.15. The summed E-state index contributed by atoms with van der Waals surface area (Å²) in [6.45, 7) is 11.3. The first-order chi connectivity index (χ1) is 9.78. The molecule has 1 atom stereocenters. The lowest BCUT2D eigenvalue weighted by Gasteiger charge is -2.46. The number of rotatable bonds is 4. The molecule has 0 spiro atoms. The summed E-state index contributed by atoms with van der Waals surface area (Å²) in [5, 5.41) is 3.60. The van der Waals surface area contributed by atoms with Crippen molar-refractivity contribution in [1.82, 2.24) is 10.2 Å². The Labute approximate surface area is 126 Å². The molecular weight excluding hydrogens is 270 g/mol. The molecular formula is C17H26F2N2. The molecule has 1 saturated heterocycles. The van der Waals surface area contributed by atoms with E-state index in [-0.39, 0.29) is 5.54 Å². The van der Waals surface area contributed by atoms with Crippen LogP contribution < -0.4 is 5.32 Å². The van der Waals surface area contributed by atoms with Gasteiger partial charge in [0.2, 0.25) is 0 Å². The Morgan fingerprint density at radius 2 is 2.00 bits per heavy atom. The number of hydrogen-bond acceptors (Lipinski definition) is 2. The Kier molecular flexibility index (Phi) is 4.99. The third kappa shape index (κ3) is 4.24. The summed E-state index contributed by atoms with van der Waals surface area (Å²) in [5.74, 6) is -0.899. The predicted molar refractivity (Wildman–Crippen MR) is 82.1 cm³/mol. The van der Waals surface area contributed by atoms with Crippen molar-refractivity contribution < 1.29 is 8.78 Å². The number of benzene rings is 1. The van der Waals surface area contributed by atoms with Gasteiger partial charge in [0.15, 0.2) is 11.6 Å². The maximum absolute atomic E-state index is 13.4. The minimum Gasteiger partial charge on any atom is -0.311 e. The Balaban J connectivity index is 2.08. The fourth-order valence-corrected chi connectivity index (χ4v) is 2.95. The van der Waals surface area contributed by atoms with Crippen molar-refractivity contribution in [1.29, 1.82) is 0 Å². The predicted octanol–water partition coefficient (Wildman–Crippen LogP) is 3.56. The molecule has 0 bridgehead atoms. The first-order valence-corrected chi connectivity index (χ1v) is 7.70. The largest absolute Gasteiger partial charge is 0.311 e. The van der Waals surface area contributed by atoms with E-state index in [9.17, 15) is 8.78 Å². The highest BCUT2D eigenvalue weighted by Crippen LogP contribution is 2.24. The lowest BCUT2D eigenvalue weighted by atomic mass is 9.93. The van der Waals surface area contributed by atoms with E-state index in [0.29, 0.717) is 18.5 Å². The van der Waals surface area contributed by atoms with Crippen molar-refractivity contribution in [3.8, 4) is 0 Å². The highest BCUT2D eigenvalue weighted by Gasteiger charge is 2.33. The van der Waals surface area contributed by atoms with Gasteiger partial charge in [0, 0.05) is 31.2 Å². The van der Waals surface area contributed by atoms with Gasteiger partial charge >= 0.3 is 0 Å². The van der Waals surface area contributed by atoms with Crippen molar-refractivity contribution in [3.05, 3.63) is 35.4 Å². The molecule has 2 nitrogen and oxygen atoms in total. The normalized spacial score (nSPS) is 22.7. The number of halogens is 2. The maximum atomic E-state index is 13.4. The van der Waals surface area contributed by atoms with Gasteiger partial charge in [-0.25, -0.2) is 8.78 Å². The summed E-state index contributed by atoms with van der Waals surface area (Å²) in [6, 6.07) is 4.66. The number of nitrogens with one attached hydrogen (secondary N) is 1. The molecule has 21 heavy (non-hydrogen) atoms. The highest BCUT2D eigenvalue weighted by molar-refractivity contribution is 5.18. The second-order valence-electron chi connectivity index (χ2n) is 7.15. The zero-order chi connectivity index (χ0) is 15.6. The highest BCUT2D eigenvalue weighted by atomic mass is 19.2. The quantitative estimate of drug-likeness (QED) is 0.914. The summed E-state index contributed by atoms with van der Waals surface area (Å²) in [4.78, 5) is 2.36. The van der Waals surface area contributed by atoms with Crippen molar-refractivity contribution >= 4 is 0 Å². The molecule has 118 valence electrons. The molecule has 1 unspecified atom stereocenters. The average Bonchev–Trinajstić information content (AvgIpc) is 2.37. The molecule has 1 aromatic rings. The van der Waals surface area contributed by atoms with Crippen LogP contribution in [-0.2, 0) is 6.54 Å². The van der Waals surface area contributed by atoms with Gasteiger partial charge in [0.25, 0.3) is 0 Å². The maximum Gasteiger partial charge on any atom is 0.159 e. The van der Waals surface area contributed by atoms with Gasteiger partial charge < -0.3 is 5.32 Å². The Morgan fingerprint density at radius 1 is 1.29 bits per heavy atom. The van der Waals surface area contributed by atoms with E-state index in [1.54, 1.807) is 6.07 Å². The molecule has 0 aromatic heterocycles. The molecule has 1 aromatic carbocycles. The Morgan fingerprint density at radius 3 is 2.62 bits per heavy atom. The molecule has 4 heteroatoms. The van der Waals surface area contributed by atoms with Gasteiger partial charge in [0.05, 0.1) is 0 Å². The molecule has 1 heterocycles. The summed E-state index contributed by atoms with van der Waals surface area (Å²) in [5.41, 5.74) is 0.838. The van der Waals surface area contributed by atoms with Crippen LogP contribution in [0.25, 0.3) is 0 Å². The van der Waals surface area contributed by atoms with E-state index in [4.69, 9.17) is 0 Å². The number of nitrogens with zero attached hydrogens (tertiary/aromatic N) is 1. The standard InChI is InChI=1S/C17H26F2N2/c1-12(2)7-14-10-21(17(3,4)11-20-14)9-13-5-6-15(18)16(19)8-13/h5-6,8,12,14,20H,7,9-11H2,1-4H3. The van der Waals surface area contributed by atoms with Gasteiger partial charge in [-0.15, -0.1) is 0 Å². The van der Waals surface area contributed by atoms with Crippen molar-refractivity contribution in [2.75, 3.05) is 13.1 Å². The molecule has 0 saturated carbocycles. The molecule has 0 radical (unpaired) electrons. The lowest BCUT2D eigenvalue weighted by Crippen LogP contribution is -2.61. The van der Waals surface area contributed by atoms with Crippen LogP contribution in [0, 0.1) is 17.6 Å². The number of hydrogen-bond donors (Lipinski definition) is 1. The van der Waals surface area contributed by atoms with Crippen LogP contribution in [0.4, 0.5) is 8.78 Å². The molecule has 1 aliphatic rings. The smallest absolute Gasteiger partial charge is 0.159 e. The third-order valence-corrected chi connectivity index (χ3v) is 4.23. The van der Waals surface area contributed by atoms with Gasteiger partial charge in [-0.2, -0.15) is 0 Å². The van der Waals surface area contributed by atoms with Gasteiger partial charge in [-0.1, -0.05) is 19.9 Å². The van der Waals surface area contributed by atoms with E-state index in [0.717, 1.165) is 25.1 Å². The molecule has 0 aliphatic carbocycles. The van der Waals surface area contributed by atoms with E-state index < -0.39 is 11.6 Å². The fourth-order valence-electron chi connectivity index (χ4n) is 2.95. The molecule has 1 N–H and O–H groups in total. The SMILES string of the molecule is CC(C)CC1CN(Cc2ccc(F)c(F)c2)C(C)(C)CN1. The Hall–Kier alpha value is -1.00. The zero-order valence-electron chi connectivity index (χ0n) is 13.4. The summed E-state index contributed by atoms with van der Waals surface area (Å²) >= 11 is 0. The molecule has 1 fully saturated rings. The van der Waals surface area contributed by atoms with Gasteiger partial charge in [0.1, 0.15) is 0 Å². The molecule has 0 amide bonds. The monoisotopic (exact) mass is 296 g/mol.